The maximum absolute atomic E-state index is 13.1. The fourth-order valence-corrected chi connectivity index (χ4v) is 3.92. The number of H-pyrrole nitrogens is 1. The maximum atomic E-state index is 13.1. The smallest absolute Gasteiger partial charge is 0.256 e. The molecule has 2 N–H and O–H groups in total. The average Bonchev–Trinajstić information content (AvgIpc) is 3.32. The first kappa shape index (κ1) is 21.6. The minimum atomic E-state index is -0.145. The van der Waals surface area contributed by atoms with Crippen LogP contribution >= 0.6 is 0 Å². The van der Waals surface area contributed by atoms with Gasteiger partial charge in [0.25, 0.3) is 5.91 Å². The van der Waals surface area contributed by atoms with Crippen molar-refractivity contribution >= 4 is 33.4 Å². The Morgan fingerprint density at radius 3 is 2.76 bits per heavy atom. The number of nitrogens with one attached hydrogen (secondary N) is 2. The zero-order chi connectivity index (χ0) is 23.5. The van der Waals surface area contributed by atoms with Crippen LogP contribution in [0.4, 0.5) is 5.69 Å². The topological polar surface area (TPSA) is 83.1 Å². The molecule has 7 heteroatoms. The van der Waals surface area contributed by atoms with Gasteiger partial charge >= 0.3 is 0 Å². The zero-order valence-electron chi connectivity index (χ0n) is 19.1. The molecule has 2 heterocycles. The third-order valence-electron chi connectivity index (χ3n) is 5.66. The molecule has 1 amide bonds. The standard InChI is InChI=1S/C27H25N5O2/c1-32(2)14-12-18-5-3-7-20(15-18)31-26(33)23-8-4-6-19-16-21(9-10-22(19)23)34-27-24-11-13-28-25(24)29-17-30-27/h3-11,13,15-17H,12,14H2,1-2H3,(H,31,33)(H,28,29,30). The molecule has 0 spiro atoms. The van der Waals surface area contributed by atoms with Crippen molar-refractivity contribution in [2.45, 2.75) is 6.42 Å². The molecule has 0 saturated heterocycles. The lowest BCUT2D eigenvalue weighted by molar-refractivity contribution is 0.102. The molecule has 0 radical (unpaired) electrons. The van der Waals surface area contributed by atoms with Crippen molar-refractivity contribution in [1.29, 1.82) is 0 Å². The second-order valence-electron chi connectivity index (χ2n) is 8.42. The number of anilines is 1. The number of likely N-dealkylation sites (N-methyl/N-ethyl adjacent to an activating group) is 1. The van der Waals surface area contributed by atoms with E-state index in [2.05, 4.69) is 45.3 Å². The number of hydrogen-bond donors (Lipinski definition) is 2. The van der Waals surface area contributed by atoms with E-state index in [0.29, 0.717) is 17.2 Å². The van der Waals surface area contributed by atoms with Crippen LogP contribution in [0.25, 0.3) is 21.8 Å². The van der Waals surface area contributed by atoms with Gasteiger partial charge in [0.05, 0.1) is 5.39 Å². The third-order valence-corrected chi connectivity index (χ3v) is 5.66. The van der Waals surface area contributed by atoms with Gasteiger partial charge in [-0.2, -0.15) is 0 Å². The third kappa shape index (κ3) is 4.60. The van der Waals surface area contributed by atoms with Crippen molar-refractivity contribution in [3.05, 3.63) is 90.4 Å². The summed E-state index contributed by atoms with van der Waals surface area (Å²) in [5.74, 6) is 0.974. The molecule has 0 atom stereocenters. The van der Waals surface area contributed by atoms with E-state index in [1.165, 1.54) is 11.9 Å². The SMILES string of the molecule is CN(C)CCc1cccc(NC(=O)c2cccc3cc(Oc4ncnc5[nH]ccc45)ccc23)c1. The number of fused-ring (bicyclic) bond motifs is 2. The first-order valence-corrected chi connectivity index (χ1v) is 11.1. The average molecular weight is 452 g/mol. The molecule has 0 aliphatic rings. The van der Waals surface area contributed by atoms with Crippen molar-refractivity contribution in [1.82, 2.24) is 19.9 Å². The monoisotopic (exact) mass is 451 g/mol. The van der Waals surface area contributed by atoms with Crippen molar-refractivity contribution in [3.8, 4) is 11.6 Å². The first-order valence-electron chi connectivity index (χ1n) is 11.1. The molecule has 0 saturated carbocycles. The largest absolute Gasteiger partial charge is 0.438 e. The molecule has 5 rings (SSSR count). The highest BCUT2D eigenvalue weighted by Crippen LogP contribution is 2.30. The van der Waals surface area contributed by atoms with E-state index in [1.807, 2.05) is 60.7 Å². The fraction of sp³-hybridized carbons (Fsp3) is 0.148. The summed E-state index contributed by atoms with van der Waals surface area (Å²) in [6, 6.07) is 21.2. The maximum Gasteiger partial charge on any atom is 0.256 e. The summed E-state index contributed by atoms with van der Waals surface area (Å²) < 4.78 is 6.03. The van der Waals surface area contributed by atoms with E-state index >= 15 is 0 Å². The Balaban J connectivity index is 1.37. The fourth-order valence-electron chi connectivity index (χ4n) is 3.92. The summed E-state index contributed by atoms with van der Waals surface area (Å²) >= 11 is 0. The van der Waals surface area contributed by atoms with Gasteiger partial charge in [0.15, 0.2) is 0 Å². The molecule has 7 nitrogen and oxygen atoms in total. The summed E-state index contributed by atoms with van der Waals surface area (Å²) in [6.45, 7) is 0.954. The molecular formula is C27H25N5O2. The number of rotatable bonds is 7. The van der Waals surface area contributed by atoms with Gasteiger partial charge in [-0.25, -0.2) is 9.97 Å². The second kappa shape index (κ2) is 9.33. The summed E-state index contributed by atoms with van der Waals surface area (Å²) in [5, 5.41) is 5.61. The molecule has 2 aromatic heterocycles. The van der Waals surface area contributed by atoms with Gasteiger partial charge in [-0.3, -0.25) is 4.79 Å². The van der Waals surface area contributed by atoms with Gasteiger partial charge in [-0.05, 0) is 79.3 Å². The Kier molecular flexibility index (Phi) is 5.93. The number of carbonyl (C=O) groups is 1. The molecule has 170 valence electrons. The van der Waals surface area contributed by atoms with Crippen molar-refractivity contribution in [2.24, 2.45) is 0 Å². The number of aromatic amines is 1. The van der Waals surface area contributed by atoms with E-state index in [9.17, 15) is 4.79 Å². The number of carbonyl (C=O) groups excluding carboxylic acids is 1. The highest BCUT2D eigenvalue weighted by Gasteiger charge is 2.13. The quantitative estimate of drug-likeness (QED) is 0.353. The van der Waals surface area contributed by atoms with Gasteiger partial charge in [0.2, 0.25) is 5.88 Å². The van der Waals surface area contributed by atoms with Crippen LogP contribution in [0.5, 0.6) is 11.6 Å². The molecule has 0 aliphatic carbocycles. The van der Waals surface area contributed by atoms with E-state index in [1.54, 1.807) is 6.20 Å². The van der Waals surface area contributed by atoms with Crippen molar-refractivity contribution in [3.63, 3.8) is 0 Å². The molecule has 0 unspecified atom stereocenters. The molecule has 34 heavy (non-hydrogen) atoms. The molecule has 0 bridgehead atoms. The van der Waals surface area contributed by atoms with Crippen LogP contribution in [-0.4, -0.2) is 46.4 Å². The van der Waals surface area contributed by atoms with E-state index in [4.69, 9.17) is 4.74 Å². The zero-order valence-corrected chi connectivity index (χ0v) is 19.1. The molecule has 0 fully saturated rings. The minimum Gasteiger partial charge on any atom is -0.438 e. The summed E-state index contributed by atoms with van der Waals surface area (Å²) in [5.41, 5.74) is 3.30. The second-order valence-corrected chi connectivity index (χ2v) is 8.42. The Labute approximate surface area is 197 Å². The van der Waals surface area contributed by atoms with Crippen LogP contribution in [0.3, 0.4) is 0 Å². The number of aromatic nitrogens is 3. The number of ether oxygens (including phenoxy) is 1. The normalized spacial score (nSPS) is 11.3. The van der Waals surface area contributed by atoms with E-state index in [-0.39, 0.29) is 5.91 Å². The predicted molar refractivity (Wildman–Crippen MR) is 135 cm³/mol. The Bertz CT molecular complexity index is 1470. The summed E-state index contributed by atoms with van der Waals surface area (Å²) in [7, 11) is 4.11. The van der Waals surface area contributed by atoms with Gasteiger partial charge in [0.1, 0.15) is 17.7 Å². The van der Waals surface area contributed by atoms with Crippen LogP contribution < -0.4 is 10.1 Å². The van der Waals surface area contributed by atoms with Crippen LogP contribution in [0.2, 0.25) is 0 Å². The summed E-state index contributed by atoms with van der Waals surface area (Å²) in [4.78, 5) is 26.8. The lowest BCUT2D eigenvalue weighted by Gasteiger charge is -2.12. The Morgan fingerprint density at radius 1 is 1.00 bits per heavy atom. The van der Waals surface area contributed by atoms with Gasteiger partial charge in [0, 0.05) is 24.0 Å². The lowest BCUT2D eigenvalue weighted by Crippen LogP contribution is -2.15. The van der Waals surface area contributed by atoms with Crippen LogP contribution in [0.1, 0.15) is 15.9 Å². The molecule has 5 aromatic rings. The van der Waals surface area contributed by atoms with Crippen LogP contribution in [0, 0.1) is 0 Å². The first-order chi connectivity index (χ1) is 16.6. The number of amides is 1. The highest BCUT2D eigenvalue weighted by atomic mass is 16.5. The van der Waals surface area contributed by atoms with Gasteiger partial charge in [-0.15, -0.1) is 0 Å². The molecular weight excluding hydrogens is 426 g/mol. The Morgan fingerprint density at radius 2 is 1.88 bits per heavy atom. The number of hydrogen-bond acceptors (Lipinski definition) is 5. The van der Waals surface area contributed by atoms with Crippen molar-refractivity contribution < 1.29 is 9.53 Å². The predicted octanol–water partition coefficient (Wildman–Crippen LogP) is 5.26. The number of nitrogens with zero attached hydrogens (tertiary/aromatic N) is 3. The summed E-state index contributed by atoms with van der Waals surface area (Å²) in [6.07, 6.45) is 4.19. The minimum absolute atomic E-state index is 0.145. The van der Waals surface area contributed by atoms with Crippen molar-refractivity contribution in [2.75, 3.05) is 26.0 Å². The number of benzene rings is 3. The Hall–Kier alpha value is -4.23. The van der Waals surface area contributed by atoms with Gasteiger partial charge < -0.3 is 19.9 Å². The van der Waals surface area contributed by atoms with Crippen LogP contribution in [0.15, 0.2) is 79.3 Å². The lowest BCUT2D eigenvalue weighted by atomic mass is 10.0. The van der Waals surface area contributed by atoms with Gasteiger partial charge in [-0.1, -0.05) is 24.3 Å². The molecule has 0 aliphatic heterocycles. The van der Waals surface area contributed by atoms with E-state index < -0.39 is 0 Å². The highest BCUT2D eigenvalue weighted by molar-refractivity contribution is 6.13. The van der Waals surface area contributed by atoms with Crippen LogP contribution in [-0.2, 0) is 6.42 Å². The van der Waals surface area contributed by atoms with E-state index in [0.717, 1.165) is 40.5 Å². The molecule has 3 aromatic carbocycles.